The van der Waals surface area contributed by atoms with Crippen molar-refractivity contribution < 1.29 is 27.4 Å². The van der Waals surface area contributed by atoms with Crippen LogP contribution in [0.1, 0.15) is 23.1 Å². The Hall–Kier alpha value is -3.64. The molecule has 1 amide bonds. The van der Waals surface area contributed by atoms with Gasteiger partial charge >= 0.3 is 0 Å². The van der Waals surface area contributed by atoms with Gasteiger partial charge in [-0.15, -0.1) is 5.10 Å². The van der Waals surface area contributed by atoms with Gasteiger partial charge in [0, 0.05) is 12.7 Å². The SMILES string of the molecule is COc1cc(/C=C2\C(=N)N3N=C(S(C)(=O)=O)SC3=NC2=O)ccc1OCCCOc1ccc(C)c(C)c1. The molecule has 2 aromatic rings. The third-order valence-corrected chi connectivity index (χ3v) is 8.12. The van der Waals surface area contributed by atoms with E-state index in [1.165, 1.54) is 24.3 Å². The zero-order chi connectivity index (χ0) is 26.7. The first-order valence-corrected chi connectivity index (χ1v) is 14.0. The molecule has 1 N–H and O–H groups in total. The lowest BCUT2D eigenvalue weighted by atomic mass is 10.1. The molecule has 0 saturated heterocycles. The van der Waals surface area contributed by atoms with Crippen LogP contribution >= 0.6 is 11.8 Å². The number of methoxy groups -OCH3 is 1. The van der Waals surface area contributed by atoms with E-state index in [2.05, 4.69) is 17.0 Å². The number of carbonyl (C=O) groups is 1. The van der Waals surface area contributed by atoms with Gasteiger partial charge in [0.1, 0.15) is 5.75 Å². The van der Waals surface area contributed by atoms with Gasteiger partial charge < -0.3 is 14.2 Å². The summed E-state index contributed by atoms with van der Waals surface area (Å²) in [5.74, 6) is 0.890. The predicted molar refractivity (Wildman–Crippen MR) is 144 cm³/mol. The zero-order valence-corrected chi connectivity index (χ0v) is 22.4. The van der Waals surface area contributed by atoms with Gasteiger partial charge in [-0.2, -0.15) is 10.0 Å². The lowest BCUT2D eigenvalue weighted by molar-refractivity contribution is -0.114. The molecule has 2 aliphatic heterocycles. The van der Waals surface area contributed by atoms with E-state index in [1.54, 1.807) is 18.2 Å². The van der Waals surface area contributed by atoms with Crippen LogP contribution in [0, 0.1) is 19.3 Å². The van der Waals surface area contributed by atoms with E-state index in [-0.39, 0.29) is 21.0 Å². The molecule has 12 heteroatoms. The molecule has 0 bridgehead atoms. The highest BCUT2D eigenvalue weighted by Crippen LogP contribution is 2.32. The van der Waals surface area contributed by atoms with E-state index in [4.69, 9.17) is 19.6 Å². The fraction of sp³-hybridized carbons (Fsp3) is 0.280. The Morgan fingerprint density at radius 1 is 1.05 bits per heavy atom. The summed E-state index contributed by atoms with van der Waals surface area (Å²) in [4.78, 5) is 16.5. The summed E-state index contributed by atoms with van der Waals surface area (Å²) >= 11 is 0.740. The maximum Gasteiger partial charge on any atom is 0.283 e. The number of sulfone groups is 1. The summed E-state index contributed by atoms with van der Waals surface area (Å²) < 4.78 is 40.5. The Labute approximate surface area is 219 Å². The Kier molecular flexibility index (Phi) is 7.69. The Bertz CT molecular complexity index is 1460. The molecular formula is C25H26N4O6S2. The summed E-state index contributed by atoms with van der Waals surface area (Å²) in [6.45, 7) is 5.01. The molecule has 10 nitrogen and oxygen atoms in total. The minimum atomic E-state index is -3.60. The number of nitrogens with zero attached hydrogens (tertiary/aromatic N) is 3. The number of ether oxygens (including phenoxy) is 3. The molecule has 0 fully saturated rings. The predicted octanol–water partition coefficient (Wildman–Crippen LogP) is 3.78. The molecule has 37 heavy (non-hydrogen) atoms. The van der Waals surface area contributed by atoms with Crippen molar-refractivity contribution in [3.63, 3.8) is 0 Å². The first kappa shape index (κ1) is 26.4. The van der Waals surface area contributed by atoms with Crippen LogP contribution in [0.15, 0.2) is 52.1 Å². The van der Waals surface area contributed by atoms with Crippen molar-refractivity contribution in [3.8, 4) is 17.2 Å². The molecule has 0 atom stereocenters. The average Bonchev–Trinajstić information content (AvgIpc) is 3.29. The highest BCUT2D eigenvalue weighted by atomic mass is 32.3. The van der Waals surface area contributed by atoms with Crippen molar-refractivity contribution in [2.75, 3.05) is 26.6 Å². The van der Waals surface area contributed by atoms with Crippen molar-refractivity contribution in [1.29, 1.82) is 5.41 Å². The Balaban J connectivity index is 1.40. The van der Waals surface area contributed by atoms with E-state index in [0.717, 1.165) is 28.8 Å². The molecule has 2 heterocycles. The van der Waals surface area contributed by atoms with Crippen LogP contribution in [-0.4, -0.2) is 61.3 Å². The third-order valence-electron chi connectivity index (χ3n) is 5.55. The summed E-state index contributed by atoms with van der Waals surface area (Å²) in [6.07, 6.45) is 3.15. The normalized spacial score (nSPS) is 16.4. The highest BCUT2D eigenvalue weighted by molar-refractivity contribution is 8.42. The van der Waals surface area contributed by atoms with Crippen molar-refractivity contribution >= 4 is 49.0 Å². The second kappa shape index (κ2) is 10.8. The first-order chi connectivity index (χ1) is 17.6. The molecule has 0 spiro atoms. The number of amidine groups is 2. The van der Waals surface area contributed by atoms with Crippen LogP contribution in [0.4, 0.5) is 0 Å². The number of benzene rings is 2. The van der Waals surface area contributed by atoms with Crippen LogP contribution in [0.5, 0.6) is 17.2 Å². The summed E-state index contributed by atoms with van der Waals surface area (Å²) in [7, 11) is -2.09. The Morgan fingerprint density at radius 3 is 2.51 bits per heavy atom. The number of hydrogen-bond donors (Lipinski definition) is 1. The fourth-order valence-corrected chi connectivity index (χ4v) is 5.10. The van der Waals surface area contributed by atoms with Crippen LogP contribution in [0.25, 0.3) is 6.08 Å². The number of aliphatic imine (C=N–C) groups is 1. The van der Waals surface area contributed by atoms with Crippen molar-refractivity contribution in [1.82, 2.24) is 5.01 Å². The van der Waals surface area contributed by atoms with Crippen LogP contribution in [-0.2, 0) is 14.6 Å². The molecule has 0 aromatic heterocycles. The molecule has 4 rings (SSSR count). The van der Waals surface area contributed by atoms with Crippen molar-refractivity contribution in [2.24, 2.45) is 10.1 Å². The van der Waals surface area contributed by atoms with E-state index in [1.807, 2.05) is 25.1 Å². The highest BCUT2D eigenvalue weighted by Gasteiger charge is 2.38. The molecular weight excluding hydrogens is 516 g/mol. The maximum atomic E-state index is 12.6. The van der Waals surface area contributed by atoms with Gasteiger partial charge in [0.15, 0.2) is 17.3 Å². The first-order valence-electron chi connectivity index (χ1n) is 11.3. The van der Waals surface area contributed by atoms with Gasteiger partial charge in [0.25, 0.3) is 5.91 Å². The number of rotatable bonds is 8. The standard InChI is InChI=1S/C25H26N4O6S2/c1-15-6-8-18(12-16(15)2)34-10-5-11-35-20-9-7-17(14-21(20)33-3)13-19-22(26)29-24(27-23(19)30)36-25(28-29)37(4,31)32/h6-9,12-14,26H,5,10-11H2,1-4H3/b19-13+,26-22?. The molecule has 0 aliphatic carbocycles. The minimum absolute atomic E-state index is 0.0259. The zero-order valence-electron chi connectivity index (χ0n) is 20.8. The lowest BCUT2D eigenvalue weighted by Crippen LogP contribution is -2.35. The second-order valence-corrected chi connectivity index (χ2v) is 11.5. The van der Waals surface area contributed by atoms with Crippen LogP contribution < -0.4 is 14.2 Å². The van der Waals surface area contributed by atoms with Crippen LogP contribution in [0.3, 0.4) is 0 Å². The number of carbonyl (C=O) groups excluding carboxylic acids is 1. The van der Waals surface area contributed by atoms with Crippen molar-refractivity contribution in [2.45, 2.75) is 20.3 Å². The van der Waals surface area contributed by atoms with Gasteiger partial charge in [-0.05, 0) is 72.6 Å². The number of thioether (sulfide) groups is 1. The van der Waals surface area contributed by atoms with Gasteiger partial charge in [-0.25, -0.2) is 8.42 Å². The Morgan fingerprint density at radius 2 is 1.81 bits per heavy atom. The van der Waals surface area contributed by atoms with Gasteiger partial charge in [0.2, 0.25) is 19.4 Å². The van der Waals surface area contributed by atoms with Crippen molar-refractivity contribution in [3.05, 3.63) is 58.7 Å². The molecule has 2 aromatic carbocycles. The summed E-state index contributed by atoms with van der Waals surface area (Å²) in [6, 6.07) is 11.1. The monoisotopic (exact) mass is 542 g/mol. The molecule has 0 radical (unpaired) electrons. The van der Waals surface area contributed by atoms with Gasteiger partial charge in [-0.1, -0.05) is 12.1 Å². The molecule has 0 saturated carbocycles. The van der Waals surface area contributed by atoms with E-state index in [0.29, 0.717) is 36.7 Å². The number of nitrogens with one attached hydrogen (secondary N) is 1. The van der Waals surface area contributed by atoms with E-state index >= 15 is 0 Å². The third kappa shape index (κ3) is 6.03. The van der Waals surface area contributed by atoms with E-state index < -0.39 is 15.7 Å². The lowest BCUT2D eigenvalue weighted by Gasteiger charge is -2.20. The smallest absolute Gasteiger partial charge is 0.283 e. The van der Waals surface area contributed by atoms with Gasteiger partial charge in [0.05, 0.1) is 25.9 Å². The largest absolute Gasteiger partial charge is 0.493 e. The number of hydrazone groups is 1. The fourth-order valence-electron chi connectivity index (χ4n) is 3.42. The minimum Gasteiger partial charge on any atom is -0.493 e. The average molecular weight is 543 g/mol. The van der Waals surface area contributed by atoms with Gasteiger partial charge in [-0.3, -0.25) is 10.2 Å². The topological polar surface area (TPSA) is 131 Å². The number of aryl methyl sites for hydroxylation is 2. The maximum absolute atomic E-state index is 12.6. The molecule has 2 aliphatic rings. The van der Waals surface area contributed by atoms with E-state index in [9.17, 15) is 13.2 Å². The number of fused-ring (bicyclic) bond motifs is 1. The van der Waals surface area contributed by atoms with Crippen LogP contribution in [0.2, 0.25) is 0 Å². The second-order valence-electron chi connectivity index (χ2n) is 8.36. The summed E-state index contributed by atoms with van der Waals surface area (Å²) in [5.41, 5.74) is 2.94. The quantitative estimate of drug-likeness (QED) is 0.394. The summed E-state index contributed by atoms with van der Waals surface area (Å²) in [5, 5.41) is 13.4. The molecule has 194 valence electrons. The number of amides is 1. The molecule has 0 unspecified atom stereocenters. The number of hydrogen-bond acceptors (Lipinski definition) is 9.